The van der Waals surface area contributed by atoms with Gasteiger partial charge in [-0.2, -0.15) is 0 Å². The maximum atomic E-state index is 12.6. The summed E-state index contributed by atoms with van der Waals surface area (Å²) in [6.07, 6.45) is 4.90. The van der Waals surface area contributed by atoms with E-state index in [9.17, 15) is 4.79 Å². The standard InChI is InChI=1S/C20H22N8O/c1-14-5-6-21-18(11-14)24-17-3-4-19(26-25-17)27-7-9-28(10-8-27)20(29)16-13-22-15(2)12-23-16/h3-6,11-13H,7-10H2,1-2H3,(H,21,24,25). The lowest BCUT2D eigenvalue weighted by atomic mass is 10.2. The molecule has 9 heteroatoms. The van der Waals surface area contributed by atoms with Crippen molar-refractivity contribution in [2.45, 2.75) is 13.8 Å². The minimum absolute atomic E-state index is 0.0894. The van der Waals surface area contributed by atoms with Gasteiger partial charge in [0.15, 0.2) is 11.6 Å². The SMILES string of the molecule is Cc1ccnc(Nc2ccc(N3CCN(C(=O)c4cnc(C)cn4)CC3)nn2)c1. The highest BCUT2D eigenvalue weighted by Gasteiger charge is 2.24. The van der Waals surface area contributed by atoms with E-state index in [1.165, 1.54) is 6.20 Å². The minimum atomic E-state index is -0.0894. The van der Waals surface area contributed by atoms with Crippen molar-refractivity contribution in [3.8, 4) is 0 Å². The molecule has 4 rings (SSSR count). The van der Waals surface area contributed by atoms with E-state index in [-0.39, 0.29) is 5.91 Å². The van der Waals surface area contributed by atoms with Crippen LogP contribution in [-0.2, 0) is 0 Å². The van der Waals surface area contributed by atoms with Crippen LogP contribution in [0.2, 0.25) is 0 Å². The summed E-state index contributed by atoms with van der Waals surface area (Å²) in [6, 6.07) is 7.69. The molecule has 1 aliphatic rings. The smallest absolute Gasteiger partial charge is 0.274 e. The molecule has 0 atom stereocenters. The lowest BCUT2D eigenvalue weighted by molar-refractivity contribution is 0.0740. The highest BCUT2D eigenvalue weighted by molar-refractivity contribution is 5.92. The molecule has 29 heavy (non-hydrogen) atoms. The summed E-state index contributed by atoms with van der Waals surface area (Å²) in [4.78, 5) is 29.1. The number of nitrogens with zero attached hydrogens (tertiary/aromatic N) is 7. The summed E-state index contributed by atoms with van der Waals surface area (Å²) in [6.45, 7) is 6.43. The van der Waals surface area contributed by atoms with Gasteiger partial charge in [0.1, 0.15) is 11.5 Å². The molecule has 1 aliphatic heterocycles. The average molecular weight is 390 g/mol. The first-order valence-electron chi connectivity index (χ1n) is 9.45. The zero-order valence-corrected chi connectivity index (χ0v) is 16.4. The van der Waals surface area contributed by atoms with Gasteiger partial charge in [0.05, 0.1) is 11.9 Å². The zero-order valence-electron chi connectivity index (χ0n) is 16.4. The van der Waals surface area contributed by atoms with Crippen LogP contribution in [-0.4, -0.2) is 62.1 Å². The molecule has 4 heterocycles. The third-order valence-corrected chi connectivity index (χ3v) is 4.71. The fourth-order valence-corrected chi connectivity index (χ4v) is 3.10. The van der Waals surface area contributed by atoms with Gasteiger partial charge in [0, 0.05) is 38.6 Å². The van der Waals surface area contributed by atoms with Crippen LogP contribution in [0.1, 0.15) is 21.7 Å². The monoisotopic (exact) mass is 390 g/mol. The summed E-state index contributed by atoms with van der Waals surface area (Å²) in [5.74, 6) is 2.07. The third-order valence-electron chi connectivity index (χ3n) is 4.71. The molecule has 3 aromatic heterocycles. The molecule has 9 nitrogen and oxygen atoms in total. The maximum absolute atomic E-state index is 12.6. The summed E-state index contributed by atoms with van der Waals surface area (Å²) in [7, 11) is 0. The number of anilines is 3. The number of aromatic nitrogens is 5. The first-order valence-corrected chi connectivity index (χ1v) is 9.45. The predicted octanol–water partition coefficient (Wildman–Crippen LogP) is 1.98. The largest absolute Gasteiger partial charge is 0.352 e. The van der Waals surface area contributed by atoms with Crippen molar-refractivity contribution in [1.29, 1.82) is 0 Å². The van der Waals surface area contributed by atoms with Crippen LogP contribution in [0.15, 0.2) is 42.9 Å². The normalized spacial score (nSPS) is 14.0. The molecule has 3 aromatic rings. The molecule has 0 unspecified atom stereocenters. The Bertz CT molecular complexity index is 982. The number of hydrogen-bond acceptors (Lipinski definition) is 8. The summed E-state index contributed by atoms with van der Waals surface area (Å²) < 4.78 is 0. The van der Waals surface area contributed by atoms with Gasteiger partial charge in [-0.3, -0.25) is 9.78 Å². The number of aryl methyl sites for hydroxylation is 2. The van der Waals surface area contributed by atoms with E-state index in [1.54, 1.807) is 17.3 Å². The number of piperazine rings is 1. The number of rotatable bonds is 4. The highest BCUT2D eigenvalue weighted by atomic mass is 16.2. The van der Waals surface area contributed by atoms with Crippen LogP contribution in [0.4, 0.5) is 17.5 Å². The van der Waals surface area contributed by atoms with E-state index in [1.807, 2.05) is 38.1 Å². The second-order valence-electron chi connectivity index (χ2n) is 6.94. The fraction of sp³-hybridized carbons (Fsp3) is 0.300. The first kappa shape index (κ1) is 18.7. The molecular formula is C20H22N8O. The van der Waals surface area contributed by atoms with E-state index in [0.29, 0.717) is 37.7 Å². The summed E-state index contributed by atoms with van der Waals surface area (Å²) in [5, 5.41) is 11.7. The molecule has 148 valence electrons. The molecule has 0 spiro atoms. The second kappa shape index (κ2) is 8.17. The Morgan fingerprint density at radius 2 is 1.76 bits per heavy atom. The quantitative estimate of drug-likeness (QED) is 0.722. The number of amides is 1. The van der Waals surface area contributed by atoms with Crippen LogP contribution in [0, 0.1) is 13.8 Å². The highest BCUT2D eigenvalue weighted by Crippen LogP contribution is 2.17. The van der Waals surface area contributed by atoms with Crippen LogP contribution < -0.4 is 10.2 Å². The van der Waals surface area contributed by atoms with E-state index in [4.69, 9.17) is 0 Å². The third kappa shape index (κ3) is 4.45. The molecule has 1 amide bonds. The Kier molecular flexibility index (Phi) is 5.28. The molecule has 0 aliphatic carbocycles. The molecule has 0 aromatic carbocycles. The van der Waals surface area contributed by atoms with Crippen molar-refractivity contribution in [2.24, 2.45) is 0 Å². The second-order valence-corrected chi connectivity index (χ2v) is 6.94. The lowest BCUT2D eigenvalue weighted by Gasteiger charge is -2.34. The van der Waals surface area contributed by atoms with Crippen molar-refractivity contribution in [2.75, 3.05) is 36.4 Å². The van der Waals surface area contributed by atoms with Crippen molar-refractivity contribution >= 4 is 23.4 Å². The molecule has 1 N–H and O–H groups in total. The average Bonchev–Trinajstić information content (AvgIpc) is 2.75. The topological polar surface area (TPSA) is 100 Å². The Morgan fingerprint density at radius 3 is 2.41 bits per heavy atom. The van der Waals surface area contributed by atoms with Gasteiger partial charge in [-0.05, 0) is 43.7 Å². The van der Waals surface area contributed by atoms with Crippen LogP contribution in [0.5, 0.6) is 0 Å². The van der Waals surface area contributed by atoms with Gasteiger partial charge in [-0.1, -0.05) is 0 Å². The Hall–Kier alpha value is -3.62. The number of nitrogens with one attached hydrogen (secondary N) is 1. The van der Waals surface area contributed by atoms with Gasteiger partial charge in [0.25, 0.3) is 5.91 Å². The lowest BCUT2D eigenvalue weighted by Crippen LogP contribution is -2.49. The molecule has 1 saturated heterocycles. The summed E-state index contributed by atoms with van der Waals surface area (Å²) >= 11 is 0. The molecule has 0 bridgehead atoms. The van der Waals surface area contributed by atoms with Crippen LogP contribution >= 0.6 is 0 Å². The van der Waals surface area contributed by atoms with Gasteiger partial charge in [-0.15, -0.1) is 10.2 Å². The van der Waals surface area contributed by atoms with Gasteiger partial charge < -0.3 is 15.1 Å². The van der Waals surface area contributed by atoms with Gasteiger partial charge in [-0.25, -0.2) is 9.97 Å². The van der Waals surface area contributed by atoms with E-state index in [0.717, 1.165) is 22.9 Å². The predicted molar refractivity (Wildman–Crippen MR) is 109 cm³/mol. The Labute approximate surface area is 168 Å². The molecule has 0 saturated carbocycles. The van der Waals surface area contributed by atoms with E-state index < -0.39 is 0 Å². The summed E-state index contributed by atoms with van der Waals surface area (Å²) in [5.41, 5.74) is 2.29. The minimum Gasteiger partial charge on any atom is -0.352 e. The van der Waals surface area contributed by atoms with Crippen molar-refractivity contribution in [3.63, 3.8) is 0 Å². The zero-order chi connectivity index (χ0) is 20.2. The molecule has 1 fully saturated rings. The Balaban J connectivity index is 1.34. The molecular weight excluding hydrogens is 368 g/mol. The van der Waals surface area contributed by atoms with Gasteiger partial charge in [0.2, 0.25) is 0 Å². The maximum Gasteiger partial charge on any atom is 0.274 e. The Morgan fingerprint density at radius 1 is 0.931 bits per heavy atom. The fourth-order valence-electron chi connectivity index (χ4n) is 3.10. The van der Waals surface area contributed by atoms with E-state index >= 15 is 0 Å². The van der Waals surface area contributed by atoms with Crippen LogP contribution in [0.3, 0.4) is 0 Å². The molecule has 0 radical (unpaired) electrons. The number of hydrogen-bond donors (Lipinski definition) is 1. The number of pyridine rings is 1. The van der Waals surface area contributed by atoms with Crippen molar-refractivity contribution in [1.82, 2.24) is 30.0 Å². The van der Waals surface area contributed by atoms with Gasteiger partial charge >= 0.3 is 0 Å². The number of carbonyl (C=O) groups is 1. The first-order chi connectivity index (χ1) is 14.1. The van der Waals surface area contributed by atoms with Crippen molar-refractivity contribution < 1.29 is 4.79 Å². The van der Waals surface area contributed by atoms with Crippen LogP contribution in [0.25, 0.3) is 0 Å². The van der Waals surface area contributed by atoms with Crippen molar-refractivity contribution in [3.05, 3.63) is 59.8 Å². The number of carbonyl (C=O) groups excluding carboxylic acids is 1. The van der Waals surface area contributed by atoms with E-state index in [2.05, 4.69) is 35.4 Å².